The van der Waals surface area contributed by atoms with Gasteiger partial charge in [0.15, 0.2) is 0 Å². The van der Waals surface area contributed by atoms with Crippen molar-refractivity contribution < 1.29 is 5.11 Å². The van der Waals surface area contributed by atoms with Gasteiger partial charge >= 0.3 is 0 Å². The van der Waals surface area contributed by atoms with Crippen molar-refractivity contribution in [2.24, 2.45) is 5.92 Å². The second kappa shape index (κ2) is 7.46. The van der Waals surface area contributed by atoms with Crippen molar-refractivity contribution in [2.75, 3.05) is 13.2 Å². The molecule has 0 aromatic carbocycles. The van der Waals surface area contributed by atoms with Crippen LogP contribution in [0.25, 0.3) is 0 Å². The van der Waals surface area contributed by atoms with Crippen LogP contribution in [0.5, 0.6) is 0 Å². The summed E-state index contributed by atoms with van der Waals surface area (Å²) in [5.74, 6) is 0.818. The van der Waals surface area contributed by atoms with Crippen LogP contribution in [0.1, 0.15) is 58.3 Å². The Morgan fingerprint density at radius 3 is 2.78 bits per heavy atom. The number of hydrogen-bond acceptors (Lipinski definition) is 3. The zero-order valence-electron chi connectivity index (χ0n) is 11.8. The Hall–Kier alpha value is -0.120. The zero-order chi connectivity index (χ0) is 12.8. The summed E-state index contributed by atoms with van der Waals surface area (Å²) < 4.78 is 0. The number of aliphatic hydroxyl groups excluding tert-OH is 1. The molecule has 2 fully saturated rings. The SMILES string of the molecule is CCC(CCO)NC1CCCC1C1CCCCN1. The van der Waals surface area contributed by atoms with Crippen LogP contribution in [0.3, 0.4) is 0 Å². The molecular weight excluding hydrogens is 224 g/mol. The molecule has 1 saturated heterocycles. The van der Waals surface area contributed by atoms with Crippen molar-refractivity contribution in [3.63, 3.8) is 0 Å². The first-order chi connectivity index (χ1) is 8.85. The molecule has 4 atom stereocenters. The highest BCUT2D eigenvalue weighted by Crippen LogP contribution is 2.32. The summed E-state index contributed by atoms with van der Waals surface area (Å²) in [6.07, 6.45) is 10.2. The highest BCUT2D eigenvalue weighted by Gasteiger charge is 2.34. The molecule has 0 aromatic heterocycles. The molecule has 18 heavy (non-hydrogen) atoms. The molecule has 1 saturated carbocycles. The molecular formula is C15H30N2O. The van der Waals surface area contributed by atoms with Crippen molar-refractivity contribution in [1.29, 1.82) is 0 Å². The maximum absolute atomic E-state index is 9.10. The fourth-order valence-corrected chi connectivity index (χ4v) is 3.79. The lowest BCUT2D eigenvalue weighted by atomic mass is 9.88. The molecule has 3 heteroatoms. The summed E-state index contributed by atoms with van der Waals surface area (Å²) in [4.78, 5) is 0. The van der Waals surface area contributed by atoms with Crippen molar-refractivity contribution in [1.82, 2.24) is 10.6 Å². The molecule has 1 aliphatic carbocycles. The van der Waals surface area contributed by atoms with Gasteiger partial charge in [-0.25, -0.2) is 0 Å². The van der Waals surface area contributed by atoms with Gasteiger partial charge in [-0.15, -0.1) is 0 Å². The van der Waals surface area contributed by atoms with E-state index >= 15 is 0 Å². The van der Waals surface area contributed by atoms with Crippen LogP contribution < -0.4 is 10.6 Å². The molecule has 0 aromatic rings. The van der Waals surface area contributed by atoms with E-state index in [-0.39, 0.29) is 0 Å². The van der Waals surface area contributed by atoms with E-state index in [0.29, 0.717) is 18.7 Å². The molecule has 3 N–H and O–H groups in total. The Morgan fingerprint density at radius 1 is 1.22 bits per heavy atom. The van der Waals surface area contributed by atoms with Gasteiger partial charge in [-0.3, -0.25) is 0 Å². The van der Waals surface area contributed by atoms with Crippen LogP contribution in [-0.2, 0) is 0 Å². The quantitative estimate of drug-likeness (QED) is 0.680. The predicted octanol–water partition coefficient (Wildman–Crippen LogP) is 2.05. The zero-order valence-corrected chi connectivity index (χ0v) is 11.8. The standard InChI is InChI=1S/C15H30N2O/c1-2-12(9-11-18)17-15-8-5-6-13(15)14-7-3-4-10-16-14/h12-18H,2-11H2,1H3. The Labute approximate surface area is 112 Å². The molecule has 0 spiro atoms. The van der Waals surface area contributed by atoms with Gasteiger partial charge in [0.25, 0.3) is 0 Å². The van der Waals surface area contributed by atoms with E-state index in [0.717, 1.165) is 24.8 Å². The monoisotopic (exact) mass is 254 g/mol. The first-order valence-electron chi connectivity index (χ1n) is 7.95. The predicted molar refractivity (Wildman–Crippen MR) is 75.7 cm³/mol. The normalized spacial score (nSPS) is 34.7. The van der Waals surface area contributed by atoms with E-state index in [1.807, 2.05) is 0 Å². The summed E-state index contributed by atoms with van der Waals surface area (Å²) in [6.45, 7) is 3.74. The van der Waals surface area contributed by atoms with Crippen molar-refractivity contribution in [3.05, 3.63) is 0 Å². The molecule has 4 unspecified atom stereocenters. The minimum atomic E-state index is 0.310. The number of hydrogen-bond donors (Lipinski definition) is 3. The molecule has 1 heterocycles. The van der Waals surface area contributed by atoms with E-state index in [1.165, 1.54) is 45.1 Å². The van der Waals surface area contributed by atoms with E-state index in [9.17, 15) is 0 Å². The molecule has 2 aliphatic rings. The van der Waals surface area contributed by atoms with Crippen molar-refractivity contribution in [2.45, 2.75) is 76.4 Å². The van der Waals surface area contributed by atoms with Crippen LogP contribution in [0.2, 0.25) is 0 Å². The lowest BCUT2D eigenvalue weighted by Gasteiger charge is -2.34. The van der Waals surface area contributed by atoms with Crippen LogP contribution in [0, 0.1) is 5.92 Å². The summed E-state index contributed by atoms with van der Waals surface area (Å²) in [5.41, 5.74) is 0. The fraction of sp³-hybridized carbons (Fsp3) is 1.00. The highest BCUT2D eigenvalue weighted by atomic mass is 16.3. The van der Waals surface area contributed by atoms with Gasteiger partial charge in [0, 0.05) is 24.7 Å². The minimum Gasteiger partial charge on any atom is -0.396 e. The second-order valence-electron chi connectivity index (χ2n) is 6.04. The van der Waals surface area contributed by atoms with Gasteiger partial charge in [-0.1, -0.05) is 19.8 Å². The average molecular weight is 254 g/mol. The van der Waals surface area contributed by atoms with Crippen molar-refractivity contribution >= 4 is 0 Å². The molecule has 0 bridgehead atoms. The first kappa shape index (κ1) is 14.3. The van der Waals surface area contributed by atoms with Gasteiger partial charge in [0.1, 0.15) is 0 Å². The third-order valence-corrected chi connectivity index (χ3v) is 4.85. The largest absolute Gasteiger partial charge is 0.396 e. The minimum absolute atomic E-state index is 0.310. The fourth-order valence-electron chi connectivity index (χ4n) is 3.79. The Kier molecular flexibility index (Phi) is 5.93. The lowest BCUT2D eigenvalue weighted by molar-refractivity contribution is 0.220. The van der Waals surface area contributed by atoms with Crippen LogP contribution >= 0.6 is 0 Å². The molecule has 3 nitrogen and oxygen atoms in total. The molecule has 106 valence electrons. The van der Waals surface area contributed by atoms with E-state index < -0.39 is 0 Å². The second-order valence-corrected chi connectivity index (χ2v) is 6.04. The molecule has 0 radical (unpaired) electrons. The maximum Gasteiger partial charge on any atom is 0.0445 e. The molecule has 0 amide bonds. The lowest BCUT2D eigenvalue weighted by Crippen LogP contribution is -2.49. The number of rotatable bonds is 6. The van der Waals surface area contributed by atoms with E-state index in [4.69, 9.17) is 5.11 Å². The summed E-state index contributed by atoms with van der Waals surface area (Å²) in [5, 5.41) is 16.6. The summed E-state index contributed by atoms with van der Waals surface area (Å²) in [6, 6.07) is 1.92. The van der Waals surface area contributed by atoms with Crippen molar-refractivity contribution in [3.8, 4) is 0 Å². The number of piperidine rings is 1. The van der Waals surface area contributed by atoms with Gasteiger partial charge in [0.2, 0.25) is 0 Å². The van der Waals surface area contributed by atoms with E-state index in [2.05, 4.69) is 17.6 Å². The molecule has 1 aliphatic heterocycles. The Bertz CT molecular complexity index is 229. The Balaban J connectivity index is 1.85. The Morgan fingerprint density at radius 2 is 2.11 bits per heavy atom. The topological polar surface area (TPSA) is 44.3 Å². The van der Waals surface area contributed by atoms with Crippen LogP contribution in [-0.4, -0.2) is 36.4 Å². The number of nitrogens with one attached hydrogen (secondary N) is 2. The number of aliphatic hydroxyl groups is 1. The summed E-state index contributed by atoms with van der Waals surface area (Å²) >= 11 is 0. The first-order valence-corrected chi connectivity index (χ1v) is 7.95. The van der Waals surface area contributed by atoms with Gasteiger partial charge in [-0.2, -0.15) is 0 Å². The third-order valence-electron chi connectivity index (χ3n) is 4.85. The highest BCUT2D eigenvalue weighted by molar-refractivity contribution is 4.93. The average Bonchev–Trinajstić information content (AvgIpc) is 2.87. The van der Waals surface area contributed by atoms with Gasteiger partial charge in [-0.05, 0) is 51.0 Å². The van der Waals surface area contributed by atoms with Gasteiger partial charge in [0.05, 0.1) is 0 Å². The summed E-state index contributed by atoms with van der Waals surface area (Å²) in [7, 11) is 0. The maximum atomic E-state index is 9.10. The smallest absolute Gasteiger partial charge is 0.0445 e. The molecule has 2 rings (SSSR count). The van der Waals surface area contributed by atoms with Crippen LogP contribution in [0.4, 0.5) is 0 Å². The third kappa shape index (κ3) is 3.69. The van der Waals surface area contributed by atoms with Crippen LogP contribution in [0.15, 0.2) is 0 Å². The van der Waals surface area contributed by atoms with E-state index in [1.54, 1.807) is 0 Å². The van der Waals surface area contributed by atoms with Gasteiger partial charge < -0.3 is 15.7 Å².